The van der Waals surface area contributed by atoms with Crippen LogP contribution in [0.3, 0.4) is 0 Å². The Morgan fingerprint density at radius 1 is 0.893 bits per heavy atom. The number of hydrogen-bond donors (Lipinski definition) is 4. The van der Waals surface area contributed by atoms with Gasteiger partial charge in [-0.2, -0.15) is 0 Å². The Bertz CT molecular complexity index is 979. The third-order valence-corrected chi connectivity index (χ3v) is 3.97. The van der Waals surface area contributed by atoms with Crippen LogP contribution in [0.15, 0.2) is 48.5 Å². The number of aromatic nitrogens is 8. The van der Waals surface area contributed by atoms with Crippen LogP contribution in [-0.4, -0.2) is 53.8 Å². The van der Waals surface area contributed by atoms with Gasteiger partial charge in [-0.15, -0.1) is 10.2 Å². The van der Waals surface area contributed by atoms with Crippen molar-refractivity contribution >= 4 is 11.7 Å². The maximum atomic E-state index is 12.3. The van der Waals surface area contributed by atoms with Gasteiger partial charge in [-0.05, 0) is 51.0 Å². The van der Waals surface area contributed by atoms with Crippen molar-refractivity contribution < 1.29 is 4.79 Å². The highest BCUT2D eigenvalue weighted by molar-refractivity contribution is 5.91. The predicted molar refractivity (Wildman–Crippen MR) is 100.0 cm³/mol. The Morgan fingerprint density at radius 3 is 2.11 bits per heavy atom. The van der Waals surface area contributed by atoms with Crippen molar-refractivity contribution in [3.05, 3.63) is 54.1 Å². The van der Waals surface area contributed by atoms with E-state index in [1.54, 1.807) is 12.1 Å². The van der Waals surface area contributed by atoms with Gasteiger partial charge in [0.25, 0.3) is 0 Å². The highest BCUT2D eigenvalue weighted by Crippen LogP contribution is 2.26. The van der Waals surface area contributed by atoms with Crippen molar-refractivity contribution in [1.82, 2.24) is 46.6 Å². The van der Waals surface area contributed by atoms with Crippen molar-refractivity contribution in [2.75, 3.05) is 11.9 Å². The van der Waals surface area contributed by atoms with Crippen LogP contribution < -0.4 is 10.6 Å². The van der Waals surface area contributed by atoms with Gasteiger partial charge in [0.05, 0.1) is 0 Å². The van der Waals surface area contributed by atoms with Gasteiger partial charge in [-0.25, -0.2) is 15.0 Å². The van der Waals surface area contributed by atoms with Crippen LogP contribution in [0.5, 0.6) is 0 Å². The standard InChI is InChI=1S/C17H16N10O/c28-17(18-7-6-11-4-2-1-3-5-11)19-14-9-12(15-20-24-25-21-15)8-13(10-14)16-22-26-27-23-16/h1-5,8-10H,6-7H2,(H2,18,19,28)(H,20,21,24,25)(H,22,23,26,27). The van der Waals surface area contributed by atoms with E-state index in [-0.39, 0.29) is 6.03 Å². The number of urea groups is 1. The van der Waals surface area contributed by atoms with Gasteiger partial charge in [0.2, 0.25) is 0 Å². The molecule has 0 spiro atoms. The minimum Gasteiger partial charge on any atom is -0.338 e. The fraction of sp³-hybridized carbons (Fsp3) is 0.118. The lowest BCUT2D eigenvalue weighted by molar-refractivity contribution is 0.252. The van der Waals surface area contributed by atoms with Crippen LogP contribution in [-0.2, 0) is 6.42 Å². The highest BCUT2D eigenvalue weighted by Gasteiger charge is 2.11. The summed E-state index contributed by atoms with van der Waals surface area (Å²) in [6.07, 6.45) is 0.743. The van der Waals surface area contributed by atoms with Crippen molar-refractivity contribution in [2.24, 2.45) is 0 Å². The molecule has 4 rings (SSSR count). The maximum absolute atomic E-state index is 12.3. The summed E-state index contributed by atoms with van der Waals surface area (Å²) in [5, 5.41) is 33.2. The number of amides is 2. The number of H-pyrrole nitrogens is 2. The third kappa shape index (κ3) is 4.15. The number of rotatable bonds is 6. The lowest BCUT2D eigenvalue weighted by Gasteiger charge is -2.10. The smallest absolute Gasteiger partial charge is 0.319 e. The zero-order chi connectivity index (χ0) is 19.2. The lowest BCUT2D eigenvalue weighted by atomic mass is 10.1. The predicted octanol–water partition coefficient (Wildman–Crippen LogP) is 1.41. The molecule has 0 saturated carbocycles. The molecule has 2 aromatic carbocycles. The molecule has 0 aliphatic heterocycles. The monoisotopic (exact) mass is 376 g/mol. The molecule has 2 amide bonds. The Hall–Kier alpha value is -4.15. The van der Waals surface area contributed by atoms with Gasteiger partial charge >= 0.3 is 6.03 Å². The molecule has 0 atom stereocenters. The number of tetrazole rings is 2. The number of carbonyl (C=O) groups excluding carboxylic acids is 1. The number of nitrogens with one attached hydrogen (secondary N) is 4. The first-order chi connectivity index (χ1) is 13.8. The number of aromatic amines is 2. The van der Waals surface area contributed by atoms with Crippen LogP contribution in [0.4, 0.5) is 10.5 Å². The van der Waals surface area contributed by atoms with E-state index in [0.717, 1.165) is 12.0 Å². The number of benzene rings is 2. The SMILES string of the molecule is O=C(NCCc1ccccc1)Nc1cc(-c2nnn[nH]2)cc(-c2nnn[nH]2)c1. The molecule has 140 valence electrons. The summed E-state index contributed by atoms with van der Waals surface area (Å²) in [5.74, 6) is 0.920. The number of nitrogens with zero attached hydrogens (tertiary/aromatic N) is 6. The number of carbonyl (C=O) groups is 1. The van der Waals surface area contributed by atoms with Crippen LogP contribution in [0.25, 0.3) is 22.8 Å². The van der Waals surface area contributed by atoms with E-state index in [1.165, 1.54) is 0 Å². The first-order valence-electron chi connectivity index (χ1n) is 8.50. The molecule has 0 unspecified atom stereocenters. The van der Waals surface area contributed by atoms with E-state index >= 15 is 0 Å². The molecule has 0 fully saturated rings. The van der Waals surface area contributed by atoms with Gasteiger partial charge in [0.1, 0.15) is 0 Å². The van der Waals surface area contributed by atoms with Gasteiger partial charge in [-0.3, -0.25) is 0 Å². The average molecular weight is 376 g/mol. The summed E-state index contributed by atoms with van der Waals surface area (Å²) in [7, 11) is 0. The molecular formula is C17H16N10O. The van der Waals surface area contributed by atoms with E-state index in [1.807, 2.05) is 36.4 Å². The molecule has 0 bridgehead atoms. The molecule has 0 radical (unpaired) electrons. The normalized spacial score (nSPS) is 10.6. The van der Waals surface area contributed by atoms with Gasteiger partial charge < -0.3 is 10.6 Å². The summed E-state index contributed by atoms with van der Waals surface area (Å²) in [5.41, 5.74) is 3.07. The Morgan fingerprint density at radius 2 is 1.54 bits per heavy atom. The van der Waals surface area contributed by atoms with Gasteiger partial charge in [0, 0.05) is 23.4 Å². The van der Waals surface area contributed by atoms with Crippen LogP contribution in [0, 0.1) is 0 Å². The van der Waals surface area contributed by atoms with Crippen molar-refractivity contribution in [2.45, 2.75) is 6.42 Å². The van der Waals surface area contributed by atoms with Crippen LogP contribution in [0.2, 0.25) is 0 Å². The lowest BCUT2D eigenvalue weighted by Crippen LogP contribution is -2.30. The summed E-state index contributed by atoms with van der Waals surface area (Å²) in [4.78, 5) is 12.3. The highest BCUT2D eigenvalue weighted by atomic mass is 16.2. The molecule has 2 heterocycles. The fourth-order valence-electron chi connectivity index (χ4n) is 2.68. The summed E-state index contributed by atoms with van der Waals surface area (Å²) in [6, 6.07) is 14.9. The molecule has 0 saturated heterocycles. The second kappa shape index (κ2) is 8.03. The summed E-state index contributed by atoms with van der Waals surface area (Å²) >= 11 is 0. The first-order valence-corrected chi connectivity index (χ1v) is 8.50. The van der Waals surface area contributed by atoms with Gasteiger partial charge in [0.15, 0.2) is 11.6 Å². The topological polar surface area (TPSA) is 150 Å². The first kappa shape index (κ1) is 17.3. The zero-order valence-electron chi connectivity index (χ0n) is 14.6. The van der Waals surface area contributed by atoms with E-state index < -0.39 is 0 Å². The second-order valence-electron chi connectivity index (χ2n) is 5.92. The minimum absolute atomic E-state index is 0.314. The average Bonchev–Trinajstić information content (AvgIpc) is 3.43. The molecule has 0 aliphatic rings. The van der Waals surface area contributed by atoms with Crippen molar-refractivity contribution in [3.63, 3.8) is 0 Å². The molecule has 0 aliphatic carbocycles. The number of anilines is 1. The van der Waals surface area contributed by atoms with Crippen LogP contribution in [0.1, 0.15) is 5.56 Å². The molecule has 11 heteroatoms. The molecule has 11 nitrogen and oxygen atoms in total. The molecule has 4 aromatic rings. The number of hydrogen-bond acceptors (Lipinski definition) is 7. The maximum Gasteiger partial charge on any atom is 0.319 e. The van der Waals surface area contributed by atoms with E-state index in [9.17, 15) is 4.79 Å². The van der Waals surface area contributed by atoms with Crippen LogP contribution >= 0.6 is 0 Å². The van der Waals surface area contributed by atoms with Crippen molar-refractivity contribution in [3.8, 4) is 22.8 Å². The minimum atomic E-state index is -0.314. The van der Waals surface area contributed by atoms with E-state index in [2.05, 4.69) is 51.9 Å². The fourth-order valence-corrected chi connectivity index (χ4v) is 2.68. The second-order valence-corrected chi connectivity index (χ2v) is 5.92. The Labute approximate surface area is 159 Å². The quantitative estimate of drug-likeness (QED) is 0.397. The van der Waals surface area contributed by atoms with Crippen molar-refractivity contribution in [1.29, 1.82) is 0 Å². The third-order valence-electron chi connectivity index (χ3n) is 3.97. The zero-order valence-corrected chi connectivity index (χ0v) is 14.6. The molecule has 4 N–H and O–H groups in total. The molecule has 28 heavy (non-hydrogen) atoms. The molecular weight excluding hydrogens is 360 g/mol. The Kier molecular flexibility index (Phi) is 4.96. The summed E-state index contributed by atoms with van der Waals surface area (Å²) < 4.78 is 0. The largest absolute Gasteiger partial charge is 0.338 e. The Balaban J connectivity index is 1.48. The molecule has 2 aromatic heterocycles. The van der Waals surface area contributed by atoms with Gasteiger partial charge in [-0.1, -0.05) is 30.3 Å². The van der Waals surface area contributed by atoms with E-state index in [4.69, 9.17) is 0 Å². The summed E-state index contributed by atoms with van der Waals surface area (Å²) in [6.45, 7) is 0.514. The van der Waals surface area contributed by atoms with E-state index in [0.29, 0.717) is 35.0 Å².